The number of benzene rings is 1. The van der Waals surface area contributed by atoms with Gasteiger partial charge in [0.1, 0.15) is 17.8 Å². The molecule has 1 fully saturated rings. The quantitative estimate of drug-likeness (QED) is 0.477. The highest BCUT2D eigenvalue weighted by atomic mass is 32.2. The molecule has 1 aliphatic rings. The smallest absolute Gasteiger partial charge is 0.378 e. The summed E-state index contributed by atoms with van der Waals surface area (Å²) in [5.41, 5.74) is 2.80. The van der Waals surface area contributed by atoms with E-state index in [2.05, 4.69) is 25.0 Å². The lowest BCUT2D eigenvalue weighted by molar-refractivity contribution is 0.122. The van der Waals surface area contributed by atoms with E-state index in [9.17, 15) is 13.0 Å². The van der Waals surface area contributed by atoms with Crippen LogP contribution in [0.25, 0.3) is 33.4 Å². The molecule has 5 rings (SSSR count). The normalized spacial score (nSPS) is 14.8. The number of pyridine rings is 1. The minimum atomic E-state index is -4.56. The molecule has 158 valence electrons. The average Bonchev–Trinajstić information content (AvgIpc) is 3.26. The number of rotatable bonds is 4. The number of nitrogens with zero attached hydrogens (tertiary/aromatic N) is 6. The standard InChI is InChI=1S/C20H18N6O4S/c27-31(28,29)26-12-16(19(24-26)18-3-1-2-6-21-18)14-4-5-17-15(11-14)20(23-13-22-17)25-7-9-30-10-8-25/h1-6,11-13H,7-10H2,(H,27,28,29). The molecule has 0 aliphatic carbocycles. The van der Waals surface area contributed by atoms with Crippen LogP contribution in [0.1, 0.15) is 0 Å². The summed E-state index contributed by atoms with van der Waals surface area (Å²) in [6.45, 7) is 2.68. The van der Waals surface area contributed by atoms with E-state index in [1.807, 2.05) is 18.2 Å². The molecule has 0 amide bonds. The van der Waals surface area contributed by atoms with Gasteiger partial charge < -0.3 is 9.64 Å². The molecular weight excluding hydrogens is 420 g/mol. The Morgan fingerprint density at radius 2 is 1.87 bits per heavy atom. The van der Waals surface area contributed by atoms with Gasteiger partial charge in [-0.3, -0.25) is 9.54 Å². The van der Waals surface area contributed by atoms with Crippen LogP contribution in [0.2, 0.25) is 0 Å². The van der Waals surface area contributed by atoms with Gasteiger partial charge >= 0.3 is 10.3 Å². The Morgan fingerprint density at radius 1 is 1.03 bits per heavy atom. The van der Waals surface area contributed by atoms with Crippen LogP contribution in [-0.4, -0.2) is 63.4 Å². The van der Waals surface area contributed by atoms with Gasteiger partial charge in [-0.1, -0.05) is 12.1 Å². The molecule has 0 radical (unpaired) electrons. The SMILES string of the molecule is O=S(=O)(O)n1cc(-c2ccc3ncnc(N4CCOCC4)c3c2)c(-c2ccccn2)n1. The summed E-state index contributed by atoms with van der Waals surface area (Å²) in [5.74, 6) is 0.789. The second-order valence-electron chi connectivity index (χ2n) is 6.99. The Morgan fingerprint density at radius 3 is 2.61 bits per heavy atom. The molecule has 4 heterocycles. The maximum absolute atomic E-state index is 11.7. The maximum Gasteiger partial charge on any atom is 0.379 e. The number of hydrogen-bond acceptors (Lipinski definition) is 8. The Balaban J connectivity index is 1.69. The fourth-order valence-electron chi connectivity index (χ4n) is 3.61. The van der Waals surface area contributed by atoms with Crippen molar-refractivity contribution in [2.75, 3.05) is 31.2 Å². The lowest BCUT2D eigenvalue weighted by atomic mass is 10.0. The molecule has 1 N–H and O–H groups in total. The van der Waals surface area contributed by atoms with Crippen LogP contribution < -0.4 is 4.90 Å². The third kappa shape index (κ3) is 3.74. The minimum absolute atomic E-state index is 0.336. The zero-order chi connectivity index (χ0) is 21.4. The van der Waals surface area contributed by atoms with Crippen molar-refractivity contribution in [3.05, 3.63) is 55.1 Å². The van der Waals surface area contributed by atoms with Crippen molar-refractivity contribution in [1.82, 2.24) is 24.1 Å². The predicted molar refractivity (Wildman–Crippen MR) is 114 cm³/mol. The van der Waals surface area contributed by atoms with Gasteiger partial charge in [-0.2, -0.15) is 13.5 Å². The van der Waals surface area contributed by atoms with Crippen LogP contribution >= 0.6 is 0 Å². The van der Waals surface area contributed by atoms with Crippen LogP contribution in [0.4, 0.5) is 5.82 Å². The van der Waals surface area contributed by atoms with E-state index < -0.39 is 10.3 Å². The van der Waals surface area contributed by atoms with Gasteiger partial charge in [0.05, 0.1) is 30.6 Å². The molecule has 0 unspecified atom stereocenters. The second kappa shape index (κ2) is 7.69. The Kier molecular flexibility index (Phi) is 4.85. The van der Waals surface area contributed by atoms with Gasteiger partial charge in [0.15, 0.2) is 0 Å². The third-order valence-electron chi connectivity index (χ3n) is 5.07. The van der Waals surface area contributed by atoms with E-state index in [0.717, 1.165) is 29.8 Å². The van der Waals surface area contributed by atoms with Crippen molar-refractivity contribution >= 4 is 27.0 Å². The van der Waals surface area contributed by atoms with E-state index in [4.69, 9.17) is 4.74 Å². The highest BCUT2D eigenvalue weighted by molar-refractivity contribution is 7.84. The molecule has 0 saturated carbocycles. The largest absolute Gasteiger partial charge is 0.379 e. The molecule has 0 bridgehead atoms. The molecule has 11 heteroatoms. The van der Waals surface area contributed by atoms with Crippen molar-refractivity contribution in [3.8, 4) is 22.5 Å². The van der Waals surface area contributed by atoms with E-state index >= 15 is 0 Å². The minimum Gasteiger partial charge on any atom is -0.378 e. The highest BCUT2D eigenvalue weighted by Crippen LogP contribution is 2.34. The van der Waals surface area contributed by atoms with Crippen LogP contribution in [0.15, 0.2) is 55.1 Å². The summed E-state index contributed by atoms with van der Waals surface area (Å²) in [6, 6.07) is 10.8. The molecule has 1 saturated heterocycles. The van der Waals surface area contributed by atoms with Crippen LogP contribution in [0.5, 0.6) is 0 Å². The van der Waals surface area contributed by atoms with Crippen LogP contribution in [-0.2, 0) is 15.0 Å². The first-order chi connectivity index (χ1) is 15.0. The van der Waals surface area contributed by atoms with Gasteiger partial charge in [0.25, 0.3) is 0 Å². The number of hydrogen-bond donors (Lipinski definition) is 1. The summed E-state index contributed by atoms with van der Waals surface area (Å²) >= 11 is 0. The Hall–Kier alpha value is -3.41. The Bertz CT molecular complexity index is 1350. The van der Waals surface area contributed by atoms with E-state index in [1.165, 1.54) is 12.5 Å². The molecule has 3 aromatic heterocycles. The molecular formula is C20H18N6O4S. The van der Waals surface area contributed by atoms with E-state index in [0.29, 0.717) is 39.8 Å². The fraction of sp³-hybridized carbons (Fsp3) is 0.200. The Labute approximate surface area is 178 Å². The summed E-state index contributed by atoms with van der Waals surface area (Å²) in [6.07, 6.45) is 4.40. The van der Waals surface area contributed by atoms with Gasteiger partial charge in [-0.25, -0.2) is 9.97 Å². The molecule has 31 heavy (non-hydrogen) atoms. The zero-order valence-electron chi connectivity index (χ0n) is 16.3. The first-order valence-corrected chi connectivity index (χ1v) is 11.0. The van der Waals surface area contributed by atoms with Gasteiger partial charge in [0.2, 0.25) is 0 Å². The first kappa shape index (κ1) is 19.5. The van der Waals surface area contributed by atoms with Gasteiger partial charge in [-0.05, 0) is 29.8 Å². The highest BCUT2D eigenvalue weighted by Gasteiger charge is 2.21. The van der Waals surface area contributed by atoms with Crippen LogP contribution in [0, 0.1) is 0 Å². The number of fused-ring (bicyclic) bond motifs is 1. The summed E-state index contributed by atoms with van der Waals surface area (Å²) in [7, 11) is -4.56. The van der Waals surface area contributed by atoms with Crippen LogP contribution in [0.3, 0.4) is 0 Å². The first-order valence-electron chi connectivity index (χ1n) is 9.57. The number of morpholine rings is 1. The second-order valence-corrected chi connectivity index (χ2v) is 8.26. The molecule has 1 aliphatic heterocycles. The summed E-state index contributed by atoms with van der Waals surface area (Å²) < 4.78 is 39.0. The molecule has 0 spiro atoms. The molecule has 10 nitrogen and oxygen atoms in total. The third-order valence-corrected chi connectivity index (χ3v) is 5.73. The van der Waals surface area contributed by atoms with E-state index in [-0.39, 0.29) is 0 Å². The maximum atomic E-state index is 11.7. The van der Waals surface area contributed by atoms with Crippen molar-refractivity contribution in [3.63, 3.8) is 0 Å². The molecule has 4 aromatic rings. The fourth-order valence-corrected chi connectivity index (χ4v) is 4.04. The molecule has 1 aromatic carbocycles. The lowest BCUT2D eigenvalue weighted by Crippen LogP contribution is -2.36. The number of anilines is 1. The van der Waals surface area contributed by atoms with Gasteiger partial charge in [0, 0.05) is 30.2 Å². The van der Waals surface area contributed by atoms with E-state index in [1.54, 1.807) is 24.4 Å². The van der Waals surface area contributed by atoms with Crippen molar-refractivity contribution in [2.45, 2.75) is 0 Å². The number of aromatic nitrogens is 5. The zero-order valence-corrected chi connectivity index (χ0v) is 17.1. The summed E-state index contributed by atoms with van der Waals surface area (Å²) in [5, 5.41) is 4.91. The van der Waals surface area contributed by atoms with Gasteiger partial charge in [-0.15, -0.1) is 4.09 Å². The molecule has 0 atom stereocenters. The number of ether oxygens (including phenoxy) is 1. The van der Waals surface area contributed by atoms with Crippen molar-refractivity contribution in [1.29, 1.82) is 0 Å². The monoisotopic (exact) mass is 438 g/mol. The average molecular weight is 438 g/mol. The van der Waals surface area contributed by atoms with Crippen molar-refractivity contribution in [2.24, 2.45) is 0 Å². The predicted octanol–water partition coefficient (Wildman–Crippen LogP) is 2.04. The van der Waals surface area contributed by atoms with Crippen molar-refractivity contribution < 1.29 is 17.7 Å². The topological polar surface area (TPSA) is 123 Å². The summed E-state index contributed by atoms with van der Waals surface area (Å²) in [4.78, 5) is 15.3. The lowest BCUT2D eigenvalue weighted by Gasteiger charge is -2.28.